The lowest BCUT2D eigenvalue weighted by Gasteiger charge is -2.11. The van der Waals surface area contributed by atoms with E-state index >= 15 is 0 Å². The molecule has 0 aromatic heterocycles. The largest absolute Gasteiger partial charge is 0.504 e. The summed E-state index contributed by atoms with van der Waals surface area (Å²) in [5, 5.41) is 21.6. The zero-order valence-corrected chi connectivity index (χ0v) is 17.9. The van der Waals surface area contributed by atoms with Gasteiger partial charge >= 0.3 is 0 Å². The van der Waals surface area contributed by atoms with Gasteiger partial charge in [0.2, 0.25) is 5.91 Å². The molecule has 0 aliphatic carbocycles. The lowest BCUT2D eigenvalue weighted by Crippen LogP contribution is -2.07. The zero-order valence-electron chi connectivity index (χ0n) is 17.9. The van der Waals surface area contributed by atoms with Crippen molar-refractivity contribution in [3.63, 3.8) is 0 Å². The molecule has 0 radical (unpaired) electrons. The summed E-state index contributed by atoms with van der Waals surface area (Å²) in [5.41, 5.74) is 2.29. The number of methoxy groups -OCH3 is 2. The number of benzene rings is 3. The predicted molar refractivity (Wildman–Crippen MR) is 123 cm³/mol. The Bertz CT molecular complexity index is 1090. The standard InChI is InChI=1S/C25H25NO6/c1-30-23-11-4-18(16-24(23)31-2)13-14-32-20-8-6-19(7-9-20)26-25(29)12-5-17-3-10-21(27)22(28)15-17/h3-12,15-16,27-28H,13-14H2,1-2H3,(H,26,29)/b12-5+. The van der Waals surface area contributed by atoms with Crippen LogP contribution in [0.2, 0.25) is 0 Å². The van der Waals surface area contributed by atoms with Crippen molar-refractivity contribution in [1.29, 1.82) is 0 Å². The van der Waals surface area contributed by atoms with Crippen molar-refractivity contribution in [2.75, 3.05) is 26.1 Å². The fourth-order valence-corrected chi connectivity index (χ4v) is 2.96. The minimum absolute atomic E-state index is 0.211. The Labute approximate surface area is 186 Å². The molecule has 32 heavy (non-hydrogen) atoms. The monoisotopic (exact) mass is 435 g/mol. The van der Waals surface area contributed by atoms with Crippen molar-refractivity contribution in [1.82, 2.24) is 0 Å². The van der Waals surface area contributed by atoms with Gasteiger partial charge in [-0.2, -0.15) is 0 Å². The number of ether oxygens (including phenoxy) is 3. The lowest BCUT2D eigenvalue weighted by atomic mass is 10.1. The first-order chi connectivity index (χ1) is 15.5. The first-order valence-corrected chi connectivity index (χ1v) is 9.93. The summed E-state index contributed by atoms with van der Waals surface area (Å²) in [6.45, 7) is 0.489. The van der Waals surface area contributed by atoms with Crippen LogP contribution in [0.15, 0.2) is 66.7 Å². The van der Waals surface area contributed by atoms with Crippen molar-refractivity contribution in [2.45, 2.75) is 6.42 Å². The number of hydrogen-bond acceptors (Lipinski definition) is 6. The molecule has 166 valence electrons. The highest BCUT2D eigenvalue weighted by Crippen LogP contribution is 2.28. The summed E-state index contributed by atoms with van der Waals surface area (Å²) in [6.07, 6.45) is 3.59. The Balaban J connectivity index is 1.48. The summed E-state index contributed by atoms with van der Waals surface area (Å²) in [5.74, 6) is 1.29. The molecule has 0 aliphatic rings. The Morgan fingerprint density at radius 2 is 1.66 bits per heavy atom. The number of carbonyl (C=O) groups is 1. The maximum absolute atomic E-state index is 12.1. The number of aromatic hydroxyl groups is 2. The fourth-order valence-electron chi connectivity index (χ4n) is 2.96. The maximum atomic E-state index is 12.1. The summed E-state index contributed by atoms with van der Waals surface area (Å²) in [6, 6.07) is 17.2. The molecule has 0 saturated heterocycles. The van der Waals surface area contributed by atoms with Crippen LogP contribution in [0.5, 0.6) is 28.7 Å². The molecule has 0 saturated carbocycles. The normalized spacial score (nSPS) is 10.7. The van der Waals surface area contributed by atoms with Gasteiger partial charge in [-0.05, 0) is 65.7 Å². The van der Waals surface area contributed by atoms with Crippen molar-refractivity contribution in [3.8, 4) is 28.7 Å². The fraction of sp³-hybridized carbons (Fsp3) is 0.160. The number of carbonyl (C=O) groups excluding carboxylic acids is 1. The van der Waals surface area contributed by atoms with Gasteiger partial charge in [-0.1, -0.05) is 12.1 Å². The van der Waals surface area contributed by atoms with Gasteiger partial charge in [0.15, 0.2) is 23.0 Å². The molecule has 3 N–H and O–H groups in total. The van der Waals surface area contributed by atoms with Gasteiger partial charge in [-0.3, -0.25) is 4.79 Å². The highest BCUT2D eigenvalue weighted by Gasteiger charge is 2.05. The van der Waals surface area contributed by atoms with Crippen LogP contribution in [-0.4, -0.2) is 36.9 Å². The SMILES string of the molecule is COc1ccc(CCOc2ccc(NC(=O)/C=C/c3ccc(O)c(O)c3)cc2)cc1OC. The average molecular weight is 435 g/mol. The van der Waals surface area contributed by atoms with Crippen LogP contribution in [0, 0.1) is 0 Å². The number of amides is 1. The molecule has 3 aromatic rings. The van der Waals surface area contributed by atoms with Crippen molar-refractivity contribution in [3.05, 3.63) is 77.9 Å². The number of rotatable bonds is 9. The lowest BCUT2D eigenvalue weighted by molar-refractivity contribution is -0.111. The Morgan fingerprint density at radius 1 is 0.906 bits per heavy atom. The third-order valence-corrected chi connectivity index (χ3v) is 4.66. The van der Waals surface area contributed by atoms with Gasteiger partial charge < -0.3 is 29.7 Å². The smallest absolute Gasteiger partial charge is 0.248 e. The van der Waals surface area contributed by atoms with Gasteiger partial charge in [0.25, 0.3) is 0 Å². The van der Waals surface area contributed by atoms with Crippen molar-refractivity contribution >= 4 is 17.7 Å². The summed E-state index contributed by atoms with van der Waals surface area (Å²) in [7, 11) is 3.21. The van der Waals surface area contributed by atoms with E-state index in [1.807, 2.05) is 18.2 Å². The molecule has 0 unspecified atom stereocenters. The number of nitrogens with one attached hydrogen (secondary N) is 1. The van der Waals surface area contributed by atoms with Crippen molar-refractivity contribution < 1.29 is 29.2 Å². The van der Waals surface area contributed by atoms with E-state index in [0.717, 1.165) is 5.56 Å². The molecule has 0 fully saturated rings. The quantitative estimate of drug-likeness (QED) is 0.341. The second-order valence-corrected chi connectivity index (χ2v) is 6.88. The minimum Gasteiger partial charge on any atom is -0.504 e. The van der Waals surface area contributed by atoms with Crippen LogP contribution in [0.1, 0.15) is 11.1 Å². The van der Waals surface area contributed by atoms with E-state index in [2.05, 4.69) is 5.32 Å². The second-order valence-electron chi connectivity index (χ2n) is 6.88. The molecular weight excluding hydrogens is 410 g/mol. The molecular formula is C25H25NO6. The highest BCUT2D eigenvalue weighted by atomic mass is 16.5. The summed E-state index contributed by atoms with van der Waals surface area (Å²) < 4.78 is 16.3. The van der Waals surface area contributed by atoms with Crippen LogP contribution in [0.25, 0.3) is 6.08 Å². The van der Waals surface area contributed by atoms with Crippen LogP contribution < -0.4 is 19.5 Å². The van der Waals surface area contributed by atoms with Gasteiger partial charge in [-0.25, -0.2) is 0 Å². The van der Waals surface area contributed by atoms with Crippen LogP contribution >= 0.6 is 0 Å². The molecule has 0 bridgehead atoms. The van der Waals surface area contributed by atoms with E-state index in [-0.39, 0.29) is 17.4 Å². The predicted octanol–water partition coefficient (Wildman–Crippen LogP) is 4.39. The van der Waals surface area contributed by atoms with Crippen LogP contribution in [-0.2, 0) is 11.2 Å². The summed E-state index contributed by atoms with van der Waals surface area (Å²) >= 11 is 0. The third-order valence-electron chi connectivity index (χ3n) is 4.66. The minimum atomic E-state index is -0.320. The Kier molecular flexibility index (Phi) is 7.59. The van der Waals surface area contributed by atoms with Gasteiger partial charge in [0.05, 0.1) is 20.8 Å². The highest BCUT2D eigenvalue weighted by molar-refractivity contribution is 6.01. The number of phenols is 2. The van der Waals surface area contributed by atoms with E-state index < -0.39 is 0 Å². The second kappa shape index (κ2) is 10.8. The summed E-state index contributed by atoms with van der Waals surface area (Å²) in [4.78, 5) is 12.1. The van der Waals surface area contributed by atoms with Crippen LogP contribution in [0.4, 0.5) is 5.69 Å². The van der Waals surface area contributed by atoms with E-state index in [1.54, 1.807) is 50.6 Å². The molecule has 0 heterocycles. The van der Waals surface area contributed by atoms with E-state index in [0.29, 0.717) is 41.5 Å². The average Bonchev–Trinajstić information content (AvgIpc) is 2.81. The Morgan fingerprint density at radius 3 is 2.34 bits per heavy atom. The first kappa shape index (κ1) is 22.6. The van der Waals surface area contributed by atoms with Crippen molar-refractivity contribution in [2.24, 2.45) is 0 Å². The molecule has 7 heteroatoms. The molecule has 3 aromatic carbocycles. The van der Waals surface area contributed by atoms with E-state index in [1.165, 1.54) is 18.2 Å². The number of anilines is 1. The topological polar surface area (TPSA) is 97.3 Å². The molecule has 7 nitrogen and oxygen atoms in total. The number of hydrogen-bond donors (Lipinski definition) is 3. The molecule has 3 rings (SSSR count). The Hall–Kier alpha value is -4.13. The van der Waals surface area contributed by atoms with E-state index in [4.69, 9.17) is 14.2 Å². The zero-order chi connectivity index (χ0) is 22.9. The number of phenolic OH excluding ortho intramolecular Hbond substituents is 2. The molecule has 0 spiro atoms. The van der Waals surface area contributed by atoms with Gasteiger partial charge in [0, 0.05) is 18.2 Å². The maximum Gasteiger partial charge on any atom is 0.248 e. The third kappa shape index (κ3) is 6.18. The molecule has 0 atom stereocenters. The molecule has 1 amide bonds. The van der Waals surface area contributed by atoms with Gasteiger partial charge in [0.1, 0.15) is 5.75 Å². The van der Waals surface area contributed by atoms with Gasteiger partial charge in [-0.15, -0.1) is 0 Å². The first-order valence-electron chi connectivity index (χ1n) is 9.93. The molecule has 0 aliphatic heterocycles. The van der Waals surface area contributed by atoms with E-state index in [9.17, 15) is 15.0 Å². The van der Waals surface area contributed by atoms with Crippen LogP contribution in [0.3, 0.4) is 0 Å².